The first-order valence-electron chi connectivity index (χ1n) is 6.98. The van der Waals surface area contributed by atoms with Crippen molar-refractivity contribution in [1.82, 2.24) is 4.98 Å². The molecule has 1 amide bonds. The average Bonchev–Trinajstić information content (AvgIpc) is 2.55. The van der Waals surface area contributed by atoms with E-state index in [9.17, 15) is 4.79 Å². The summed E-state index contributed by atoms with van der Waals surface area (Å²) in [6.07, 6.45) is 8.46. The van der Waals surface area contributed by atoms with E-state index in [1.165, 1.54) is 0 Å². The van der Waals surface area contributed by atoms with E-state index in [4.69, 9.17) is 11.6 Å². The minimum atomic E-state index is -0.226. The molecule has 4 rings (SSSR count). The third-order valence-electron chi connectivity index (χ3n) is 3.84. The predicted octanol–water partition coefficient (Wildman–Crippen LogP) is 4.20. The van der Waals surface area contributed by atoms with Gasteiger partial charge in [-0.05, 0) is 36.2 Å². The predicted molar refractivity (Wildman–Crippen MR) is 88.0 cm³/mol. The van der Waals surface area contributed by atoms with Crippen LogP contribution in [0, 0.1) is 0 Å². The molecule has 1 aliphatic heterocycles. The van der Waals surface area contributed by atoms with Gasteiger partial charge in [0.25, 0.3) is 5.91 Å². The minimum Gasteiger partial charge on any atom is -0.267 e. The Morgan fingerprint density at radius 2 is 1.91 bits per heavy atom. The van der Waals surface area contributed by atoms with E-state index < -0.39 is 0 Å². The molecule has 0 atom stereocenters. The van der Waals surface area contributed by atoms with Crippen LogP contribution in [0.3, 0.4) is 0 Å². The number of allylic oxidation sites excluding steroid dienone is 4. The summed E-state index contributed by atoms with van der Waals surface area (Å²) in [6, 6.07) is 9.15. The molecular formula is C18H11ClN2O. The van der Waals surface area contributed by atoms with Crippen LogP contribution >= 0.6 is 11.6 Å². The molecule has 1 aromatic carbocycles. The number of hydrogen-bond donors (Lipinski definition) is 0. The summed E-state index contributed by atoms with van der Waals surface area (Å²) in [7, 11) is 0. The van der Waals surface area contributed by atoms with E-state index in [2.05, 4.69) is 22.1 Å². The number of carbonyl (C=O) groups is 1. The van der Waals surface area contributed by atoms with E-state index in [-0.39, 0.29) is 5.91 Å². The first kappa shape index (κ1) is 13.2. The fraction of sp³-hybridized carbons (Fsp3) is 0.0556. The van der Waals surface area contributed by atoms with Crippen molar-refractivity contribution in [2.45, 2.75) is 6.42 Å². The van der Waals surface area contributed by atoms with E-state index in [0.29, 0.717) is 16.3 Å². The molecule has 2 aliphatic rings. The van der Waals surface area contributed by atoms with Crippen LogP contribution in [-0.2, 0) is 0 Å². The number of pyridine rings is 1. The molecule has 106 valence electrons. The van der Waals surface area contributed by atoms with Crippen molar-refractivity contribution in [2.75, 3.05) is 0 Å². The lowest BCUT2D eigenvalue weighted by Crippen LogP contribution is -2.18. The fourth-order valence-corrected chi connectivity index (χ4v) is 3.03. The summed E-state index contributed by atoms with van der Waals surface area (Å²) in [5.74, 6) is -0.226. The number of amides is 1. The van der Waals surface area contributed by atoms with Gasteiger partial charge < -0.3 is 0 Å². The molecule has 1 aromatic heterocycles. The summed E-state index contributed by atoms with van der Waals surface area (Å²) in [5.41, 5.74) is 5.05. The molecule has 0 spiro atoms. The normalized spacial score (nSPS) is 16.2. The minimum absolute atomic E-state index is 0.226. The Balaban J connectivity index is 1.89. The van der Waals surface area contributed by atoms with Crippen LogP contribution < -0.4 is 0 Å². The Hall–Kier alpha value is -2.52. The van der Waals surface area contributed by atoms with Gasteiger partial charge in [0.05, 0.1) is 5.71 Å². The van der Waals surface area contributed by atoms with Crippen LogP contribution in [0.4, 0.5) is 0 Å². The SMILES string of the molecule is O=C1N=C2C(c3cccnc3)=CCC=C2c2cc(Cl)ccc21. The number of aromatic nitrogens is 1. The first-order valence-corrected chi connectivity index (χ1v) is 7.36. The summed E-state index contributed by atoms with van der Waals surface area (Å²) >= 11 is 6.11. The molecule has 0 N–H and O–H groups in total. The molecule has 0 unspecified atom stereocenters. The largest absolute Gasteiger partial charge is 0.278 e. The Morgan fingerprint density at radius 1 is 1.05 bits per heavy atom. The maximum absolute atomic E-state index is 12.3. The summed E-state index contributed by atoms with van der Waals surface area (Å²) in [4.78, 5) is 20.8. The highest BCUT2D eigenvalue weighted by atomic mass is 35.5. The maximum atomic E-state index is 12.3. The summed E-state index contributed by atoms with van der Waals surface area (Å²) < 4.78 is 0. The number of rotatable bonds is 1. The van der Waals surface area contributed by atoms with E-state index in [0.717, 1.165) is 28.7 Å². The number of nitrogens with zero attached hydrogens (tertiary/aromatic N) is 2. The van der Waals surface area contributed by atoms with Crippen LogP contribution in [0.25, 0.3) is 11.1 Å². The van der Waals surface area contributed by atoms with E-state index in [1.54, 1.807) is 24.5 Å². The van der Waals surface area contributed by atoms with Gasteiger partial charge in [0.15, 0.2) is 0 Å². The Morgan fingerprint density at radius 3 is 2.73 bits per heavy atom. The molecule has 0 saturated carbocycles. The zero-order chi connectivity index (χ0) is 15.1. The summed E-state index contributed by atoms with van der Waals surface area (Å²) in [6.45, 7) is 0. The number of carbonyl (C=O) groups excluding carboxylic acids is 1. The monoisotopic (exact) mass is 306 g/mol. The lowest BCUT2D eigenvalue weighted by molar-refractivity contribution is 0.100. The average molecular weight is 307 g/mol. The van der Waals surface area contributed by atoms with Crippen molar-refractivity contribution >= 4 is 34.4 Å². The number of fused-ring (bicyclic) bond motifs is 3. The van der Waals surface area contributed by atoms with Crippen molar-refractivity contribution < 1.29 is 4.79 Å². The molecule has 4 heteroatoms. The highest BCUT2D eigenvalue weighted by Gasteiger charge is 2.28. The van der Waals surface area contributed by atoms with Crippen LogP contribution in [0.15, 0.2) is 59.9 Å². The molecule has 1 aliphatic carbocycles. The van der Waals surface area contributed by atoms with E-state index in [1.807, 2.05) is 18.2 Å². The quantitative estimate of drug-likeness (QED) is 0.792. The lowest BCUT2D eigenvalue weighted by Gasteiger charge is -2.23. The van der Waals surface area contributed by atoms with Crippen molar-refractivity contribution in [3.63, 3.8) is 0 Å². The molecule has 0 saturated heterocycles. The maximum Gasteiger partial charge on any atom is 0.278 e. The molecule has 0 fully saturated rings. The molecule has 3 nitrogen and oxygen atoms in total. The number of benzene rings is 1. The second-order valence-corrected chi connectivity index (χ2v) is 5.60. The van der Waals surface area contributed by atoms with Crippen molar-refractivity contribution in [3.8, 4) is 0 Å². The lowest BCUT2D eigenvalue weighted by atomic mass is 9.84. The van der Waals surface area contributed by atoms with Crippen molar-refractivity contribution in [2.24, 2.45) is 4.99 Å². The molecule has 2 aromatic rings. The molecule has 0 radical (unpaired) electrons. The summed E-state index contributed by atoms with van der Waals surface area (Å²) in [5, 5.41) is 0.617. The van der Waals surface area contributed by atoms with Crippen LogP contribution in [0.5, 0.6) is 0 Å². The third kappa shape index (κ3) is 2.02. The van der Waals surface area contributed by atoms with Gasteiger partial charge in [0.2, 0.25) is 0 Å². The van der Waals surface area contributed by atoms with E-state index >= 15 is 0 Å². The van der Waals surface area contributed by atoms with Gasteiger partial charge in [-0.1, -0.05) is 29.8 Å². The van der Waals surface area contributed by atoms with Gasteiger partial charge in [-0.3, -0.25) is 9.78 Å². The van der Waals surface area contributed by atoms with Crippen LogP contribution in [0.2, 0.25) is 5.02 Å². The smallest absolute Gasteiger partial charge is 0.267 e. The number of aliphatic imine (C=N–C) groups is 1. The van der Waals surface area contributed by atoms with Gasteiger partial charge in [-0.2, -0.15) is 0 Å². The first-order chi connectivity index (χ1) is 10.7. The van der Waals surface area contributed by atoms with Crippen LogP contribution in [0.1, 0.15) is 27.9 Å². The van der Waals surface area contributed by atoms with Gasteiger partial charge in [0.1, 0.15) is 0 Å². The topological polar surface area (TPSA) is 42.3 Å². The van der Waals surface area contributed by atoms with Crippen molar-refractivity contribution in [1.29, 1.82) is 0 Å². The zero-order valence-electron chi connectivity index (χ0n) is 11.6. The zero-order valence-corrected chi connectivity index (χ0v) is 12.3. The molecule has 0 bridgehead atoms. The Bertz CT molecular complexity index is 879. The van der Waals surface area contributed by atoms with Crippen molar-refractivity contribution in [3.05, 3.63) is 76.6 Å². The number of hydrogen-bond acceptors (Lipinski definition) is 2. The molecular weight excluding hydrogens is 296 g/mol. The third-order valence-corrected chi connectivity index (χ3v) is 4.08. The second-order valence-electron chi connectivity index (χ2n) is 5.17. The van der Waals surface area contributed by atoms with Gasteiger partial charge in [0, 0.05) is 39.7 Å². The van der Waals surface area contributed by atoms with Gasteiger partial charge in [-0.25, -0.2) is 4.99 Å². The van der Waals surface area contributed by atoms with Gasteiger partial charge in [-0.15, -0.1) is 0 Å². The highest BCUT2D eigenvalue weighted by Crippen LogP contribution is 2.36. The Kier molecular flexibility index (Phi) is 3.01. The fourth-order valence-electron chi connectivity index (χ4n) is 2.86. The standard InChI is InChI=1S/C18H11ClN2O/c19-12-6-7-15-16(9-12)14-5-1-4-13(17(14)21-18(15)22)11-3-2-8-20-10-11/h2-10H,1H2. The highest BCUT2D eigenvalue weighted by molar-refractivity contribution is 6.49. The molecule has 22 heavy (non-hydrogen) atoms. The van der Waals surface area contributed by atoms with Gasteiger partial charge >= 0.3 is 0 Å². The Labute approximate surface area is 132 Å². The second kappa shape index (κ2) is 5.04. The van der Waals surface area contributed by atoms with Crippen LogP contribution in [-0.4, -0.2) is 16.6 Å². The number of halogens is 1. The molecule has 2 heterocycles.